The van der Waals surface area contributed by atoms with E-state index in [2.05, 4.69) is 44.2 Å². The lowest BCUT2D eigenvalue weighted by atomic mass is 10.1. The first-order valence-corrected chi connectivity index (χ1v) is 10.2. The van der Waals surface area contributed by atoms with Gasteiger partial charge in [-0.1, -0.05) is 22.9 Å². The van der Waals surface area contributed by atoms with Gasteiger partial charge in [0.1, 0.15) is 23.1 Å². The molecule has 2 aromatic carbocycles. The number of halogens is 2. The van der Waals surface area contributed by atoms with Crippen molar-refractivity contribution in [2.24, 2.45) is 0 Å². The molecular weight excluding hydrogens is 384 g/mol. The number of rotatable bonds is 4. The number of aromatic nitrogens is 4. The third kappa shape index (κ3) is 3.63. The average molecular weight is 406 g/mol. The lowest BCUT2D eigenvalue weighted by molar-refractivity contribution is -0.745. The summed E-state index contributed by atoms with van der Waals surface area (Å²) in [7, 11) is 0. The summed E-state index contributed by atoms with van der Waals surface area (Å²) >= 11 is 0. The SMILES string of the molecule is Fc1cccc(-c2nc3cn[n+](Cc4ccc(N5CCCCC5)cc4)cc3[nH]2)c1F. The van der Waals surface area contributed by atoms with E-state index in [9.17, 15) is 8.78 Å². The topological polar surface area (TPSA) is 48.7 Å². The van der Waals surface area contributed by atoms with Gasteiger partial charge >= 0.3 is 0 Å². The maximum atomic E-state index is 14.1. The van der Waals surface area contributed by atoms with E-state index >= 15 is 0 Å². The Kier molecular flexibility index (Phi) is 4.86. The van der Waals surface area contributed by atoms with Gasteiger partial charge in [0.15, 0.2) is 18.2 Å². The number of anilines is 1. The Morgan fingerprint density at radius 2 is 1.80 bits per heavy atom. The summed E-state index contributed by atoms with van der Waals surface area (Å²) in [5, 5.41) is 4.42. The second kappa shape index (κ2) is 7.82. The number of imidazole rings is 1. The van der Waals surface area contributed by atoms with Crippen LogP contribution in [-0.2, 0) is 6.54 Å². The van der Waals surface area contributed by atoms with Crippen LogP contribution >= 0.6 is 0 Å². The highest BCUT2D eigenvalue weighted by molar-refractivity contribution is 5.77. The molecule has 30 heavy (non-hydrogen) atoms. The molecule has 0 saturated carbocycles. The van der Waals surface area contributed by atoms with Crippen molar-refractivity contribution in [1.29, 1.82) is 0 Å². The summed E-state index contributed by atoms with van der Waals surface area (Å²) in [4.78, 5) is 9.86. The molecule has 0 unspecified atom stereocenters. The third-order valence-corrected chi connectivity index (χ3v) is 5.58. The Hall–Kier alpha value is -3.35. The predicted octanol–water partition coefficient (Wildman–Crippen LogP) is 4.23. The fraction of sp³-hybridized carbons (Fsp3) is 0.261. The van der Waals surface area contributed by atoms with E-state index in [1.165, 1.54) is 37.1 Å². The van der Waals surface area contributed by atoms with E-state index in [-0.39, 0.29) is 11.4 Å². The first-order valence-electron chi connectivity index (χ1n) is 10.2. The number of H-pyrrole nitrogens is 1. The molecule has 5 rings (SSSR count). The van der Waals surface area contributed by atoms with Crippen molar-refractivity contribution in [3.05, 3.63) is 72.1 Å². The zero-order chi connectivity index (χ0) is 20.5. The molecular formula is C23H22F2N5+. The van der Waals surface area contributed by atoms with Crippen LogP contribution in [0.5, 0.6) is 0 Å². The fourth-order valence-corrected chi connectivity index (χ4v) is 3.96. The molecule has 5 nitrogen and oxygen atoms in total. The molecule has 1 aliphatic heterocycles. The second-order valence-electron chi connectivity index (χ2n) is 7.67. The van der Waals surface area contributed by atoms with Crippen LogP contribution in [0.4, 0.5) is 14.5 Å². The molecule has 2 aromatic heterocycles. The Morgan fingerprint density at radius 3 is 2.60 bits per heavy atom. The molecule has 3 heterocycles. The van der Waals surface area contributed by atoms with Gasteiger partial charge in [0.05, 0.1) is 5.56 Å². The van der Waals surface area contributed by atoms with Gasteiger partial charge in [-0.3, -0.25) is 0 Å². The minimum Gasteiger partial charge on any atom is -0.372 e. The number of nitrogens with zero attached hydrogens (tertiary/aromatic N) is 4. The van der Waals surface area contributed by atoms with Crippen LogP contribution < -0.4 is 9.58 Å². The highest BCUT2D eigenvalue weighted by atomic mass is 19.2. The van der Waals surface area contributed by atoms with Crippen molar-refractivity contribution in [1.82, 2.24) is 15.1 Å². The number of hydrogen-bond acceptors (Lipinski definition) is 3. The zero-order valence-electron chi connectivity index (χ0n) is 16.5. The van der Waals surface area contributed by atoms with Crippen LogP contribution in [-0.4, -0.2) is 28.2 Å². The minimum atomic E-state index is -0.911. The summed E-state index contributed by atoms with van der Waals surface area (Å²) in [5.41, 5.74) is 3.83. The number of benzene rings is 2. The maximum Gasteiger partial charge on any atom is 0.222 e. The highest BCUT2D eigenvalue weighted by Gasteiger charge is 2.16. The number of fused-ring (bicyclic) bond motifs is 1. The smallest absolute Gasteiger partial charge is 0.222 e. The minimum absolute atomic E-state index is 0.103. The summed E-state index contributed by atoms with van der Waals surface area (Å²) in [6.07, 6.45) is 7.30. The van der Waals surface area contributed by atoms with Crippen molar-refractivity contribution >= 4 is 16.7 Å². The lowest BCUT2D eigenvalue weighted by Gasteiger charge is -2.28. The molecule has 1 aliphatic rings. The summed E-state index contributed by atoms with van der Waals surface area (Å²) < 4.78 is 29.4. The van der Waals surface area contributed by atoms with Gasteiger partial charge in [-0.2, -0.15) is 0 Å². The molecule has 1 fully saturated rings. The van der Waals surface area contributed by atoms with E-state index in [1.54, 1.807) is 6.20 Å². The molecule has 152 valence electrons. The number of piperidine rings is 1. The van der Waals surface area contributed by atoms with Crippen LogP contribution in [0.3, 0.4) is 0 Å². The summed E-state index contributed by atoms with van der Waals surface area (Å²) in [6.45, 7) is 2.86. The molecule has 0 radical (unpaired) electrons. The number of aromatic amines is 1. The van der Waals surface area contributed by atoms with Crippen LogP contribution in [0.15, 0.2) is 54.9 Å². The third-order valence-electron chi connectivity index (χ3n) is 5.58. The average Bonchev–Trinajstić information content (AvgIpc) is 3.20. The molecule has 0 aliphatic carbocycles. The molecule has 0 spiro atoms. The van der Waals surface area contributed by atoms with Gasteiger partial charge in [-0.05, 0) is 48.6 Å². The molecule has 7 heteroatoms. The van der Waals surface area contributed by atoms with Crippen molar-refractivity contribution in [2.45, 2.75) is 25.8 Å². The maximum absolute atomic E-state index is 14.1. The molecule has 1 saturated heterocycles. The number of hydrogen-bond donors (Lipinski definition) is 1. The van der Waals surface area contributed by atoms with Gasteiger partial charge in [-0.25, -0.2) is 13.8 Å². The molecule has 4 aromatic rings. The fourth-order valence-electron chi connectivity index (χ4n) is 3.96. The molecule has 0 atom stereocenters. The summed E-state index contributed by atoms with van der Waals surface area (Å²) in [6, 6.07) is 12.6. The Balaban J connectivity index is 1.37. The van der Waals surface area contributed by atoms with Crippen molar-refractivity contribution in [3.63, 3.8) is 0 Å². The zero-order valence-corrected chi connectivity index (χ0v) is 16.5. The quantitative estimate of drug-likeness (QED) is 0.516. The molecule has 0 amide bonds. The van der Waals surface area contributed by atoms with Crippen LogP contribution in [0.25, 0.3) is 22.4 Å². The van der Waals surface area contributed by atoms with Crippen LogP contribution in [0, 0.1) is 11.6 Å². The first kappa shape index (κ1) is 18.7. The van der Waals surface area contributed by atoms with E-state index in [4.69, 9.17) is 0 Å². The van der Waals surface area contributed by atoms with E-state index < -0.39 is 11.6 Å². The Bertz CT molecular complexity index is 1180. The largest absolute Gasteiger partial charge is 0.372 e. The van der Waals surface area contributed by atoms with Gasteiger partial charge < -0.3 is 9.88 Å². The van der Waals surface area contributed by atoms with Gasteiger partial charge in [-0.15, -0.1) is 0 Å². The normalized spacial score (nSPS) is 14.4. The highest BCUT2D eigenvalue weighted by Crippen LogP contribution is 2.24. The van der Waals surface area contributed by atoms with Crippen molar-refractivity contribution < 1.29 is 13.5 Å². The first-order chi connectivity index (χ1) is 14.7. The Morgan fingerprint density at radius 1 is 1.00 bits per heavy atom. The van der Waals surface area contributed by atoms with Gasteiger partial charge in [0, 0.05) is 24.3 Å². The Labute approximate surface area is 173 Å². The van der Waals surface area contributed by atoms with Crippen LogP contribution in [0.1, 0.15) is 24.8 Å². The van der Waals surface area contributed by atoms with Crippen molar-refractivity contribution in [3.8, 4) is 11.4 Å². The number of nitrogens with one attached hydrogen (secondary N) is 1. The van der Waals surface area contributed by atoms with E-state index in [1.807, 2.05) is 10.9 Å². The van der Waals surface area contributed by atoms with Crippen molar-refractivity contribution in [2.75, 3.05) is 18.0 Å². The standard InChI is InChI=1S/C23H21F2N5/c24-19-6-4-5-18(22(19)25)23-27-20-13-26-30(15-21(20)28-23)14-16-7-9-17(10-8-16)29-11-2-1-3-12-29/h4-10,13,15H,1-3,11-12,14H2/p+1. The molecule has 1 N–H and O–H groups in total. The predicted molar refractivity (Wildman–Crippen MR) is 111 cm³/mol. The second-order valence-corrected chi connectivity index (χ2v) is 7.67. The van der Waals surface area contributed by atoms with Gasteiger partial charge in [0.25, 0.3) is 0 Å². The lowest BCUT2D eigenvalue weighted by Crippen LogP contribution is -2.37. The van der Waals surface area contributed by atoms with E-state index in [0.717, 1.165) is 24.7 Å². The van der Waals surface area contributed by atoms with E-state index in [0.29, 0.717) is 17.6 Å². The van der Waals surface area contributed by atoms with Gasteiger partial charge in [0.2, 0.25) is 6.20 Å². The molecule has 0 bridgehead atoms. The monoisotopic (exact) mass is 406 g/mol. The summed E-state index contributed by atoms with van der Waals surface area (Å²) in [5.74, 6) is -1.52. The van der Waals surface area contributed by atoms with Crippen LogP contribution in [0.2, 0.25) is 0 Å².